The summed E-state index contributed by atoms with van der Waals surface area (Å²) in [5, 5.41) is 0. The van der Waals surface area contributed by atoms with Crippen molar-refractivity contribution in [3.63, 3.8) is 0 Å². The van der Waals surface area contributed by atoms with Gasteiger partial charge in [0.05, 0.1) is 23.9 Å². The third kappa shape index (κ3) is 5.32. The number of esters is 1. The van der Waals surface area contributed by atoms with Gasteiger partial charge in [0, 0.05) is 11.1 Å². The van der Waals surface area contributed by atoms with Crippen molar-refractivity contribution in [2.75, 3.05) is 13.7 Å². The summed E-state index contributed by atoms with van der Waals surface area (Å²) in [7, 11) is 1.13. The predicted octanol–water partition coefficient (Wildman–Crippen LogP) is 4.73. The quantitative estimate of drug-likeness (QED) is 0.431. The molecule has 0 radical (unpaired) electrons. The Morgan fingerprint density at radius 1 is 0.815 bits per heavy atom. The Morgan fingerprint density at radius 2 is 1.19 bits per heavy atom. The van der Waals surface area contributed by atoms with E-state index in [1.54, 1.807) is 0 Å². The summed E-state index contributed by atoms with van der Waals surface area (Å²) < 4.78 is 80.7. The first-order valence-corrected chi connectivity index (χ1v) is 7.49. The molecule has 0 unspecified atom stereocenters. The number of nitrogens with zero attached hydrogens (tertiary/aromatic N) is 1. The van der Waals surface area contributed by atoms with Crippen molar-refractivity contribution >= 4 is 11.7 Å². The topological polar surface area (TPSA) is 38.7 Å². The van der Waals surface area contributed by atoms with E-state index in [-0.39, 0.29) is 16.8 Å². The summed E-state index contributed by atoms with van der Waals surface area (Å²) in [6, 6.07) is 7.85. The summed E-state index contributed by atoms with van der Waals surface area (Å²) in [6.07, 6.45) is -9.06. The van der Waals surface area contributed by atoms with Crippen LogP contribution in [0.2, 0.25) is 0 Å². The van der Waals surface area contributed by atoms with Crippen LogP contribution in [0.4, 0.5) is 26.3 Å². The second-order valence-electron chi connectivity index (χ2n) is 5.39. The summed E-state index contributed by atoms with van der Waals surface area (Å²) in [5.74, 6) is -0.702. The largest absolute Gasteiger partial charge is 0.468 e. The van der Waals surface area contributed by atoms with Gasteiger partial charge in [-0.15, -0.1) is 0 Å². The molecule has 144 valence electrons. The minimum Gasteiger partial charge on any atom is -0.468 e. The first-order chi connectivity index (χ1) is 12.5. The smallest absolute Gasteiger partial charge is 0.416 e. The van der Waals surface area contributed by atoms with E-state index in [1.807, 2.05) is 0 Å². The van der Waals surface area contributed by atoms with Crippen LogP contribution >= 0.6 is 0 Å². The molecule has 0 bridgehead atoms. The average Bonchev–Trinajstić information content (AvgIpc) is 2.61. The average molecular weight is 389 g/mol. The first-order valence-electron chi connectivity index (χ1n) is 7.49. The summed E-state index contributed by atoms with van der Waals surface area (Å²) in [5.41, 5.74) is -1.27. The Labute approximate surface area is 150 Å². The zero-order chi connectivity index (χ0) is 20.2. The lowest BCUT2D eigenvalue weighted by Gasteiger charge is -2.12. The number of carbonyl (C=O) groups is 1. The van der Waals surface area contributed by atoms with Crippen molar-refractivity contribution in [3.8, 4) is 0 Å². The molecular formula is C18H13F6NO2. The molecule has 0 saturated carbocycles. The zero-order valence-corrected chi connectivity index (χ0v) is 13.9. The maximum atomic E-state index is 12.7. The lowest BCUT2D eigenvalue weighted by molar-refractivity contribution is -0.139. The molecule has 0 aliphatic carbocycles. The van der Waals surface area contributed by atoms with Crippen LogP contribution in [0, 0.1) is 0 Å². The first kappa shape index (κ1) is 20.5. The summed E-state index contributed by atoms with van der Waals surface area (Å²) >= 11 is 0. The van der Waals surface area contributed by atoms with E-state index in [0.29, 0.717) is 0 Å². The highest BCUT2D eigenvalue weighted by Gasteiger charge is 2.31. The van der Waals surface area contributed by atoms with Crippen LogP contribution in [0.1, 0.15) is 22.3 Å². The number of aliphatic imine (C=N–C) groups is 1. The number of benzene rings is 2. The van der Waals surface area contributed by atoms with Gasteiger partial charge in [-0.25, -0.2) is 0 Å². The van der Waals surface area contributed by atoms with Crippen LogP contribution < -0.4 is 0 Å². The Balaban J connectivity index is 2.44. The normalized spacial score (nSPS) is 11.8. The van der Waals surface area contributed by atoms with Crippen LogP contribution in [0.3, 0.4) is 0 Å². The number of hydrogen-bond acceptors (Lipinski definition) is 3. The lowest BCUT2D eigenvalue weighted by Crippen LogP contribution is -2.12. The van der Waals surface area contributed by atoms with Gasteiger partial charge in [-0.05, 0) is 24.3 Å². The fourth-order valence-electron chi connectivity index (χ4n) is 2.19. The SMILES string of the molecule is COC(=O)CN=C(c1ccc(C(F)(F)F)cc1)c1ccc(C(F)(F)F)cc1. The van der Waals surface area contributed by atoms with Crippen LogP contribution in [-0.4, -0.2) is 25.3 Å². The van der Waals surface area contributed by atoms with Crippen LogP contribution in [0.25, 0.3) is 0 Å². The number of alkyl halides is 6. The standard InChI is InChI=1S/C18H13F6NO2/c1-27-15(26)10-25-16(11-2-6-13(7-3-11)17(19,20)21)12-4-8-14(9-5-12)18(22,23)24/h2-9H,10H2,1H3. The molecule has 0 amide bonds. The van der Waals surface area contributed by atoms with E-state index in [1.165, 1.54) is 0 Å². The molecule has 9 heteroatoms. The van der Waals surface area contributed by atoms with Gasteiger partial charge < -0.3 is 4.74 Å². The van der Waals surface area contributed by atoms with Gasteiger partial charge in [0.2, 0.25) is 0 Å². The van der Waals surface area contributed by atoms with E-state index < -0.39 is 36.0 Å². The monoisotopic (exact) mass is 389 g/mol. The highest BCUT2D eigenvalue weighted by molar-refractivity contribution is 6.13. The Morgan fingerprint density at radius 3 is 1.48 bits per heavy atom. The van der Waals surface area contributed by atoms with Gasteiger partial charge >= 0.3 is 18.3 Å². The summed E-state index contributed by atoms with van der Waals surface area (Å²) in [6.45, 7) is -0.437. The number of ether oxygens (including phenoxy) is 1. The van der Waals surface area contributed by atoms with E-state index >= 15 is 0 Å². The van der Waals surface area contributed by atoms with E-state index in [0.717, 1.165) is 55.6 Å². The fourth-order valence-corrected chi connectivity index (χ4v) is 2.19. The van der Waals surface area contributed by atoms with Crippen molar-refractivity contribution in [2.45, 2.75) is 12.4 Å². The Bertz CT molecular complexity index is 761. The molecule has 0 aromatic heterocycles. The fraction of sp³-hybridized carbons (Fsp3) is 0.222. The summed E-state index contributed by atoms with van der Waals surface area (Å²) in [4.78, 5) is 15.3. The molecule has 0 saturated heterocycles. The number of methoxy groups -OCH3 is 1. The number of rotatable bonds is 4. The van der Waals surface area contributed by atoms with Crippen LogP contribution in [0.5, 0.6) is 0 Å². The molecule has 27 heavy (non-hydrogen) atoms. The van der Waals surface area contributed by atoms with Gasteiger partial charge in [0.1, 0.15) is 6.54 Å². The molecule has 2 aromatic carbocycles. The number of hydrogen-bond donors (Lipinski definition) is 0. The zero-order valence-electron chi connectivity index (χ0n) is 13.9. The predicted molar refractivity (Wildman–Crippen MR) is 85.4 cm³/mol. The van der Waals surface area contributed by atoms with Crippen molar-refractivity contribution in [2.24, 2.45) is 4.99 Å². The van der Waals surface area contributed by atoms with Crippen molar-refractivity contribution in [3.05, 3.63) is 70.8 Å². The molecule has 2 aromatic rings. The Hall–Kier alpha value is -2.84. The molecule has 0 fully saturated rings. The molecule has 0 aliphatic rings. The second kappa shape index (κ2) is 7.81. The second-order valence-corrected chi connectivity index (χ2v) is 5.39. The third-order valence-electron chi connectivity index (χ3n) is 3.57. The van der Waals surface area contributed by atoms with E-state index in [9.17, 15) is 31.1 Å². The van der Waals surface area contributed by atoms with E-state index in [2.05, 4.69) is 9.73 Å². The van der Waals surface area contributed by atoms with Crippen molar-refractivity contribution < 1.29 is 35.9 Å². The van der Waals surface area contributed by atoms with Gasteiger partial charge in [0.25, 0.3) is 0 Å². The molecule has 0 atom stereocenters. The molecule has 0 aliphatic heterocycles. The molecule has 2 rings (SSSR count). The number of carbonyl (C=O) groups excluding carboxylic acids is 1. The van der Waals surface area contributed by atoms with Gasteiger partial charge in [-0.3, -0.25) is 9.79 Å². The number of halogens is 6. The van der Waals surface area contributed by atoms with Gasteiger partial charge in [-0.1, -0.05) is 24.3 Å². The Kier molecular flexibility index (Phi) is 5.92. The lowest BCUT2D eigenvalue weighted by atomic mass is 9.99. The minimum absolute atomic E-state index is 0.0721. The maximum Gasteiger partial charge on any atom is 0.416 e. The molecule has 0 heterocycles. The molecule has 3 nitrogen and oxygen atoms in total. The van der Waals surface area contributed by atoms with Crippen molar-refractivity contribution in [1.29, 1.82) is 0 Å². The highest BCUT2D eigenvalue weighted by Crippen LogP contribution is 2.31. The molecule has 0 spiro atoms. The highest BCUT2D eigenvalue weighted by atomic mass is 19.4. The van der Waals surface area contributed by atoms with Crippen LogP contribution in [-0.2, 0) is 21.9 Å². The van der Waals surface area contributed by atoms with Crippen molar-refractivity contribution in [1.82, 2.24) is 0 Å². The molecular weight excluding hydrogens is 376 g/mol. The third-order valence-corrected chi connectivity index (χ3v) is 3.57. The van der Waals surface area contributed by atoms with E-state index in [4.69, 9.17) is 0 Å². The molecule has 0 N–H and O–H groups in total. The van der Waals surface area contributed by atoms with Gasteiger partial charge in [0.15, 0.2) is 0 Å². The van der Waals surface area contributed by atoms with Crippen LogP contribution in [0.15, 0.2) is 53.5 Å². The minimum atomic E-state index is -4.53. The maximum absolute atomic E-state index is 12.7. The van der Waals surface area contributed by atoms with Gasteiger partial charge in [-0.2, -0.15) is 26.3 Å².